The second-order valence-electron chi connectivity index (χ2n) is 4.52. The molecule has 0 bridgehead atoms. The number of carbonyl (C=O) groups excluding carboxylic acids is 2. The van der Waals surface area contributed by atoms with E-state index in [1.54, 1.807) is 6.07 Å². The number of hydrogen-bond acceptors (Lipinski definition) is 7. The van der Waals surface area contributed by atoms with Gasteiger partial charge >= 0.3 is 5.97 Å². The number of carbonyl (C=O) groups is 2. The molecule has 0 fully saturated rings. The maximum absolute atomic E-state index is 12.2. The lowest BCUT2D eigenvalue weighted by Gasteiger charge is -2.02. The summed E-state index contributed by atoms with van der Waals surface area (Å²) in [5.74, 6) is -0.912. The Labute approximate surface area is 150 Å². The number of nitrogens with one attached hydrogen (secondary N) is 1. The molecule has 0 aliphatic carbocycles. The number of ether oxygens (including phenoxy) is 1. The fourth-order valence-corrected chi connectivity index (χ4v) is 3.61. The van der Waals surface area contributed by atoms with Crippen LogP contribution in [-0.2, 0) is 4.74 Å². The van der Waals surface area contributed by atoms with Crippen LogP contribution >= 0.6 is 34.3 Å². The molecule has 0 spiro atoms. The van der Waals surface area contributed by atoms with Crippen LogP contribution in [0.5, 0.6) is 0 Å². The van der Waals surface area contributed by atoms with E-state index in [1.165, 1.54) is 48.1 Å². The van der Waals surface area contributed by atoms with Gasteiger partial charge in [-0.3, -0.25) is 15.1 Å². The lowest BCUT2D eigenvalue weighted by atomic mass is 10.2. The summed E-state index contributed by atoms with van der Waals surface area (Å²) >= 11 is 8.63. The Morgan fingerprint density at radius 2 is 2.08 bits per heavy atom. The summed E-state index contributed by atoms with van der Waals surface area (Å²) in [5.41, 5.74) is 1.21. The lowest BCUT2D eigenvalue weighted by molar-refractivity contribution is 0.0600. The van der Waals surface area contributed by atoms with Gasteiger partial charge in [0.05, 0.1) is 27.6 Å². The van der Waals surface area contributed by atoms with Crippen molar-refractivity contribution in [2.75, 3.05) is 12.4 Å². The molecule has 1 amide bonds. The molecule has 3 aromatic heterocycles. The highest BCUT2D eigenvalue weighted by Gasteiger charge is 2.13. The zero-order chi connectivity index (χ0) is 17.1. The first-order valence-corrected chi connectivity index (χ1v) is 8.71. The molecule has 0 saturated carbocycles. The van der Waals surface area contributed by atoms with Crippen molar-refractivity contribution in [3.63, 3.8) is 0 Å². The van der Waals surface area contributed by atoms with Crippen LogP contribution < -0.4 is 5.32 Å². The molecule has 0 atom stereocenters. The maximum Gasteiger partial charge on any atom is 0.339 e. The smallest absolute Gasteiger partial charge is 0.339 e. The molecule has 0 radical (unpaired) electrons. The summed E-state index contributed by atoms with van der Waals surface area (Å²) in [6, 6.07) is 6.61. The molecule has 24 heavy (non-hydrogen) atoms. The number of nitrogens with zero attached hydrogens (tertiary/aromatic N) is 2. The average molecular weight is 380 g/mol. The van der Waals surface area contributed by atoms with Crippen LogP contribution in [-0.4, -0.2) is 29.0 Å². The van der Waals surface area contributed by atoms with E-state index in [1.807, 2.05) is 11.4 Å². The Morgan fingerprint density at radius 3 is 2.71 bits per heavy atom. The molecule has 0 aliphatic rings. The third kappa shape index (κ3) is 3.61. The van der Waals surface area contributed by atoms with E-state index in [0.29, 0.717) is 9.47 Å². The molecule has 0 aromatic carbocycles. The van der Waals surface area contributed by atoms with Crippen molar-refractivity contribution in [3.8, 4) is 10.6 Å². The third-order valence-corrected chi connectivity index (χ3v) is 4.98. The molecule has 0 aliphatic heterocycles. The average Bonchev–Trinajstić information content (AvgIpc) is 3.23. The predicted molar refractivity (Wildman–Crippen MR) is 94.0 cm³/mol. The number of amides is 1. The van der Waals surface area contributed by atoms with Crippen molar-refractivity contribution >= 4 is 51.3 Å². The maximum atomic E-state index is 12.2. The Hall–Kier alpha value is -2.29. The highest BCUT2D eigenvalue weighted by molar-refractivity contribution is 7.20. The summed E-state index contributed by atoms with van der Waals surface area (Å²) in [6.45, 7) is 0. The topological polar surface area (TPSA) is 81.2 Å². The number of thiophene rings is 1. The molecular weight excluding hydrogens is 370 g/mol. The van der Waals surface area contributed by atoms with Gasteiger partial charge in [-0.15, -0.1) is 22.7 Å². The zero-order valence-corrected chi connectivity index (χ0v) is 14.7. The highest BCUT2D eigenvalue weighted by atomic mass is 35.5. The Balaban J connectivity index is 1.71. The molecule has 6 nitrogen and oxygen atoms in total. The van der Waals surface area contributed by atoms with Crippen LogP contribution in [0.25, 0.3) is 10.6 Å². The van der Waals surface area contributed by atoms with Crippen molar-refractivity contribution in [3.05, 3.63) is 51.4 Å². The molecular formula is C15H10ClN3O3S2. The largest absolute Gasteiger partial charge is 0.465 e. The number of methoxy groups -OCH3 is 1. The van der Waals surface area contributed by atoms with Gasteiger partial charge in [0, 0.05) is 11.6 Å². The highest BCUT2D eigenvalue weighted by Crippen LogP contribution is 2.32. The normalized spacial score (nSPS) is 10.4. The fraction of sp³-hybridized carbons (Fsp3) is 0.0667. The SMILES string of the molecule is COC(=O)c1ccc(C(=O)Nc2nc(-c3ccc(Cl)s3)cs2)nc1. The van der Waals surface area contributed by atoms with Crippen LogP contribution in [0.3, 0.4) is 0 Å². The molecule has 3 heterocycles. The minimum Gasteiger partial charge on any atom is -0.465 e. The number of aromatic nitrogens is 2. The summed E-state index contributed by atoms with van der Waals surface area (Å²) < 4.78 is 5.26. The number of esters is 1. The standard InChI is InChI=1S/C15H10ClN3O3S2/c1-22-14(21)8-2-3-9(17-6-8)13(20)19-15-18-10(7-23-15)11-4-5-12(16)24-11/h2-7H,1H3,(H,18,19,20). The van der Waals surface area contributed by atoms with Gasteiger partial charge < -0.3 is 4.74 Å². The van der Waals surface area contributed by atoms with Gasteiger partial charge in [0.1, 0.15) is 5.69 Å². The van der Waals surface area contributed by atoms with Crippen molar-refractivity contribution in [1.82, 2.24) is 9.97 Å². The lowest BCUT2D eigenvalue weighted by Crippen LogP contribution is -2.14. The van der Waals surface area contributed by atoms with Gasteiger partial charge in [0.2, 0.25) is 0 Å². The molecule has 3 aromatic rings. The Bertz CT molecular complexity index is 890. The number of pyridine rings is 1. The molecule has 3 rings (SSSR count). The predicted octanol–water partition coefficient (Wildman–Crippen LogP) is 3.96. The van der Waals surface area contributed by atoms with Gasteiger partial charge in [0.25, 0.3) is 5.91 Å². The van der Waals surface area contributed by atoms with Crippen LogP contribution in [0.2, 0.25) is 4.34 Å². The van der Waals surface area contributed by atoms with Gasteiger partial charge in [-0.2, -0.15) is 0 Å². The van der Waals surface area contributed by atoms with Crippen molar-refractivity contribution in [2.45, 2.75) is 0 Å². The van der Waals surface area contributed by atoms with Crippen LogP contribution in [0, 0.1) is 0 Å². The zero-order valence-electron chi connectivity index (χ0n) is 12.3. The minimum absolute atomic E-state index is 0.179. The van der Waals surface area contributed by atoms with E-state index < -0.39 is 11.9 Å². The first-order chi connectivity index (χ1) is 11.6. The first kappa shape index (κ1) is 16.6. The number of halogens is 1. The van der Waals surface area contributed by atoms with Crippen LogP contribution in [0.4, 0.5) is 5.13 Å². The molecule has 0 unspecified atom stereocenters. The van der Waals surface area contributed by atoms with E-state index in [4.69, 9.17) is 11.6 Å². The quantitative estimate of drug-likeness (QED) is 0.694. The number of hydrogen-bond donors (Lipinski definition) is 1. The molecule has 1 N–H and O–H groups in total. The number of anilines is 1. The Kier molecular flexibility index (Phi) is 4.89. The second-order valence-corrected chi connectivity index (χ2v) is 7.09. The summed E-state index contributed by atoms with van der Waals surface area (Å²) in [5, 5.41) is 4.97. The summed E-state index contributed by atoms with van der Waals surface area (Å²) in [6.07, 6.45) is 1.29. The summed E-state index contributed by atoms with van der Waals surface area (Å²) in [7, 11) is 1.28. The second kappa shape index (κ2) is 7.08. The monoisotopic (exact) mass is 379 g/mol. The van der Waals surface area contributed by atoms with E-state index in [2.05, 4.69) is 20.0 Å². The molecule has 0 saturated heterocycles. The van der Waals surface area contributed by atoms with Crippen molar-refractivity contribution in [1.29, 1.82) is 0 Å². The van der Waals surface area contributed by atoms with Crippen LogP contribution in [0.1, 0.15) is 20.8 Å². The van der Waals surface area contributed by atoms with Crippen molar-refractivity contribution < 1.29 is 14.3 Å². The van der Waals surface area contributed by atoms with Crippen LogP contribution in [0.15, 0.2) is 35.8 Å². The Morgan fingerprint density at radius 1 is 1.25 bits per heavy atom. The molecule has 122 valence electrons. The van der Waals surface area contributed by atoms with Gasteiger partial charge in [-0.05, 0) is 24.3 Å². The summed E-state index contributed by atoms with van der Waals surface area (Å²) in [4.78, 5) is 32.8. The van der Waals surface area contributed by atoms with E-state index in [9.17, 15) is 9.59 Å². The van der Waals surface area contributed by atoms with E-state index in [0.717, 1.165) is 10.6 Å². The van der Waals surface area contributed by atoms with Crippen molar-refractivity contribution in [2.24, 2.45) is 0 Å². The van der Waals surface area contributed by atoms with Gasteiger partial charge in [-0.25, -0.2) is 9.78 Å². The van der Waals surface area contributed by atoms with Gasteiger partial charge in [0.15, 0.2) is 5.13 Å². The van der Waals surface area contributed by atoms with E-state index >= 15 is 0 Å². The number of rotatable bonds is 4. The number of thiazole rings is 1. The van der Waals surface area contributed by atoms with Gasteiger partial charge in [-0.1, -0.05) is 11.6 Å². The third-order valence-electron chi connectivity index (χ3n) is 2.97. The van der Waals surface area contributed by atoms with E-state index in [-0.39, 0.29) is 11.3 Å². The first-order valence-electron chi connectivity index (χ1n) is 6.64. The molecule has 9 heteroatoms. The fourth-order valence-electron chi connectivity index (χ4n) is 1.82. The minimum atomic E-state index is -0.506.